The summed E-state index contributed by atoms with van der Waals surface area (Å²) < 4.78 is 0.915. The molecule has 1 aromatic carbocycles. The summed E-state index contributed by atoms with van der Waals surface area (Å²) in [5.41, 5.74) is 2.21. The molecule has 0 aliphatic carbocycles. The number of fused-ring (bicyclic) bond motifs is 2. The first kappa shape index (κ1) is 14.0. The van der Waals surface area contributed by atoms with Crippen LogP contribution < -0.4 is 16.6 Å². The fourth-order valence-corrected chi connectivity index (χ4v) is 3.46. The maximum Gasteiger partial charge on any atom is 0.327 e. The van der Waals surface area contributed by atoms with Crippen LogP contribution in [0.4, 0.5) is 11.6 Å². The quantitative estimate of drug-likeness (QED) is 0.409. The molecule has 0 spiro atoms. The molecule has 0 fully saturated rings. The Bertz CT molecular complexity index is 1030. The van der Waals surface area contributed by atoms with Crippen molar-refractivity contribution in [3.8, 4) is 0 Å². The summed E-state index contributed by atoms with van der Waals surface area (Å²) in [6.07, 6.45) is 0. The average molecular weight is 374 g/mol. The Balaban J connectivity index is 2.07. The predicted molar refractivity (Wildman–Crippen MR) is 89.4 cm³/mol. The minimum Gasteiger partial charge on any atom is -0.324 e. The number of hydrogen-bond acceptors (Lipinski definition) is 4. The van der Waals surface area contributed by atoms with Gasteiger partial charge in [-0.2, -0.15) is 5.10 Å². The number of aryl methyl sites for hydroxylation is 1. The van der Waals surface area contributed by atoms with Gasteiger partial charge in [-0.25, -0.2) is 4.79 Å². The van der Waals surface area contributed by atoms with Crippen molar-refractivity contribution in [2.45, 2.75) is 12.8 Å². The van der Waals surface area contributed by atoms with Crippen molar-refractivity contribution in [3.05, 3.63) is 72.0 Å². The van der Waals surface area contributed by atoms with Gasteiger partial charge in [0.15, 0.2) is 5.82 Å². The third kappa shape index (κ3) is 2.14. The molecule has 116 valence electrons. The molecule has 4 N–H and O–H groups in total. The normalized spacial score (nSPS) is 15.7. The third-order valence-electron chi connectivity index (χ3n) is 3.98. The zero-order chi connectivity index (χ0) is 16.1. The van der Waals surface area contributed by atoms with E-state index in [0.717, 1.165) is 21.3 Å². The van der Waals surface area contributed by atoms with E-state index in [9.17, 15) is 9.59 Å². The second-order valence-corrected chi connectivity index (χ2v) is 6.34. The molecule has 0 radical (unpaired) electrons. The summed E-state index contributed by atoms with van der Waals surface area (Å²) in [5.74, 6) is 0.669. The van der Waals surface area contributed by atoms with Gasteiger partial charge in [0, 0.05) is 21.6 Å². The van der Waals surface area contributed by atoms with Crippen molar-refractivity contribution in [3.63, 3.8) is 0 Å². The first-order valence-corrected chi connectivity index (χ1v) is 7.77. The molecule has 1 unspecified atom stereocenters. The van der Waals surface area contributed by atoms with Gasteiger partial charge in [-0.15, -0.1) is 0 Å². The van der Waals surface area contributed by atoms with Gasteiger partial charge in [0.05, 0.1) is 5.56 Å². The smallest absolute Gasteiger partial charge is 0.324 e. The van der Waals surface area contributed by atoms with E-state index < -0.39 is 11.2 Å². The van der Waals surface area contributed by atoms with Crippen molar-refractivity contribution in [1.82, 2.24) is 20.2 Å². The van der Waals surface area contributed by atoms with E-state index in [1.165, 1.54) is 0 Å². The number of hydrogen-bond donors (Lipinski definition) is 4. The Morgan fingerprint density at radius 3 is 2.78 bits per heavy atom. The minimum absolute atomic E-state index is 0.321. The minimum atomic E-state index is -0.551. The molecular weight excluding hydrogens is 362 g/mol. The number of nitrogens with one attached hydrogen (secondary N) is 4. The van der Waals surface area contributed by atoms with Crippen LogP contribution in [0.3, 0.4) is 0 Å². The molecule has 0 bridgehead atoms. The zero-order valence-electron chi connectivity index (χ0n) is 12.0. The molecule has 7 nitrogen and oxygen atoms in total. The van der Waals surface area contributed by atoms with Gasteiger partial charge in [0.2, 0.25) is 0 Å². The van der Waals surface area contributed by atoms with Gasteiger partial charge in [-0.3, -0.25) is 19.9 Å². The highest BCUT2D eigenvalue weighted by Gasteiger charge is 2.33. The summed E-state index contributed by atoms with van der Waals surface area (Å²) in [6, 6.07) is 7.74. The van der Waals surface area contributed by atoms with Gasteiger partial charge in [0.25, 0.3) is 5.56 Å². The van der Waals surface area contributed by atoms with E-state index >= 15 is 0 Å². The van der Waals surface area contributed by atoms with Crippen LogP contribution in [0.2, 0.25) is 0 Å². The Labute approximate surface area is 138 Å². The summed E-state index contributed by atoms with van der Waals surface area (Å²) in [4.78, 5) is 29.0. The SMILES string of the molecule is Cc1[nH]nc2c1C(c1cccc(Br)c1)c1c([nH]c(=O)[nH]c1=O)N2. The highest BCUT2D eigenvalue weighted by atomic mass is 79.9. The number of rotatable bonds is 1. The van der Waals surface area contributed by atoms with Crippen molar-refractivity contribution in [1.29, 1.82) is 0 Å². The van der Waals surface area contributed by atoms with Crippen LogP contribution in [-0.2, 0) is 0 Å². The molecule has 2 aromatic heterocycles. The molecule has 1 aliphatic rings. The number of aromatic nitrogens is 4. The largest absolute Gasteiger partial charge is 0.327 e. The third-order valence-corrected chi connectivity index (χ3v) is 4.47. The second-order valence-electron chi connectivity index (χ2n) is 5.42. The number of nitrogens with zero attached hydrogens (tertiary/aromatic N) is 1. The summed E-state index contributed by atoms with van der Waals surface area (Å²) in [7, 11) is 0. The van der Waals surface area contributed by atoms with Crippen LogP contribution in [0, 0.1) is 6.92 Å². The highest BCUT2D eigenvalue weighted by molar-refractivity contribution is 9.10. The summed E-state index contributed by atoms with van der Waals surface area (Å²) in [5, 5.41) is 10.2. The van der Waals surface area contributed by atoms with Gasteiger partial charge < -0.3 is 5.32 Å². The van der Waals surface area contributed by atoms with Crippen LogP contribution >= 0.6 is 15.9 Å². The van der Waals surface area contributed by atoms with Crippen molar-refractivity contribution in [2.75, 3.05) is 5.32 Å². The van der Waals surface area contributed by atoms with Crippen LogP contribution in [0.15, 0.2) is 38.3 Å². The molecule has 23 heavy (non-hydrogen) atoms. The zero-order valence-corrected chi connectivity index (χ0v) is 13.6. The van der Waals surface area contributed by atoms with E-state index in [4.69, 9.17) is 0 Å². The second kappa shape index (κ2) is 4.95. The fraction of sp³-hybridized carbons (Fsp3) is 0.133. The Morgan fingerprint density at radius 1 is 1.17 bits per heavy atom. The first-order chi connectivity index (χ1) is 11.0. The molecule has 0 saturated heterocycles. The molecule has 3 heterocycles. The van der Waals surface area contributed by atoms with Crippen molar-refractivity contribution >= 4 is 27.6 Å². The fourth-order valence-electron chi connectivity index (χ4n) is 3.04. The number of benzene rings is 1. The highest BCUT2D eigenvalue weighted by Crippen LogP contribution is 2.42. The van der Waals surface area contributed by atoms with Gasteiger partial charge in [0.1, 0.15) is 5.82 Å². The van der Waals surface area contributed by atoms with Crippen molar-refractivity contribution < 1.29 is 0 Å². The Morgan fingerprint density at radius 2 is 2.00 bits per heavy atom. The molecule has 0 saturated carbocycles. The first-order valence-electron chi connectivity index (χ1n) is 6.98. The monoisotopic (exact) mass is 373 g/mol. The van der Waals surface area contributed by atoms with E-state index in [1.807, 2.05) is 31.2 Å². The number of aromatic amines is 3. The lowest BCUT2D eigenvalue weighted by Gasteiger charge is -2.25. The van der Waals surface area contributed by atoms with Gasteiger partial charge in [-0.05, 0) is 24.6 Å². The topological polar surface area (TPSA) is 106 Å². The standard InChI is InChI=1S/C15H12BrN5O2/c1-6-9-10(7-3-2-4-8(16)5-7)11-12(17-13(9)21-20-6)18-15(23)19-14(11)22/h2-5,10H,1H3,(H4,17,18,19,20,21,22,23). The molecule has 0 amide bonds. The van der Waals surface area contributed by atoms with Crippen molar-refractivity contribution in [2.24, 2.45) is 0 Å². The van der Waals surface area contributed by atoms with E-state index in [2.05, 4.69) is 41.4 Å². The van der Waals surface area contributed by atoms with Crippen LogP contribution in [0.1, 0.15) is 28.3 Å². The summed E-state index contributed by atoms with van der Waals surface area (Å²) in [6.45, 7) is 1.91. The predicted octanol–water partition coefficient (Wildman–Crippen LogP) is 2.09. The lowest BCUT2D eigenvalue weighted by Crippen LogP contribution is -2.31. The Kier molecular flexibility index (Phi) is 3.02. The number of H-pyrrole nitrogens is 3. The Hall–Kier alpha value is -2.61. The molecule has 1 atom stereocenters. The maximum atomic E-state index is 12.4. The molecule has 3 aromatic rings. The number of anilines is 2. The molecule has 1 aliphatic heterocycles. The van der Waals surface area contributed by atoms with Crippen LogP contribution in [-0.4, -0.2) is 20.2 Å². The lowest BCUT2D eigenvalue weighted by atomic mass is 9.83. The molecule has 8 heteroatoms. The van der Waals surface area contributed by atoms with E-state index in [-0.39, 0.29) is 5.92 Å². The van der Waals surface area contributed by atoms with Crippen LogP contribution in [0.25, 0.3) is 0 Å². The van der Waals surface area contributed by atoms with Gasteiger partial charge in [-0.1, -0.05) is 28.1 Å². The molecule has 4 rings (SSSR count). The van der Waals surface area contributed by atoms with Gasteiger partial charge >= 0.3 is 5.69 Å². The lowest BCUT2D eigenvalue weighted by molar-refractivity contribution is 0.881. The number of halogens is 1. The van der Waals surface area contributed by atoms with E-state index in [1.54, 1.807) is 0 Å². The van der Waals surface area contributed by atoms with E-state index in [0.29, 0.717) is 17.2 Å². The molecular formula is C15H12BrN5O2. The van der Waals surface area contributed by atoms with Crippen LogP contribution in [0.5, 0.6) is 0 Å². The summed E-state index contributed by atoms with van der Waals surface area (Å²) >= 11 is 3.47. The maximum absolute atomic E-state index is 12.4. The average Bonchev–Trinajstić information content (AvgIpc) is 2.86.